The number of pyridine rings is 1. The van der Waals surface area contributed by atoms with Gasteiger partial charge in [0.2, 0.25) is 5.88 Å². The highest BCUT2D eigenvalue weighted by atomic mass is 16.5. The fourth-order valence-electron chi connectivity index (χ4n) is 2.64. The van der Waals surface area contributed by atoms with E-state index in [0.717, 1.165) is 17.5 Å². The second-order valence-corrected chi connectivity index (χ2v) is 5.50. The van der Waals surface area contributed by atoms with E-state index in [0.29, 0.717) is 6.04 Å². The molecule has 0 aromatic carbocycles. The van der Waals surface area contributed by atoms with Gasteiger partial charge >= 0.3 is 0 Å². The zero-order valence-corrected chi connectivity index (χ0v) is 11.6. The average molecular weight is 248 g/mol. The van der Waals surface area contributed by atoms with Crippen molar-refractivity contribution in [3.05, 3.63) is 18.3 Å². The maximum atomic E-state index is 5.74. The number of hydrogen-bond acceptors (Lipinski definition) is 3. The standard InChI is InChI=1S/C15H24N2O/c1-11(2)18-15-14(9-6-10-16-15)17-12(3)13-7-4-5-8-13/h6,9-13,17H,4-5,7-8H2,1-3H3. The summed E-state index contributed by atoms with van der Waals surface area (Å²) in [6.45, 7) is 6.32. The molecule has 1 fully saturated rings. The van der Waals surface area contributed by atoms with Crippen molar-refractivity contribution < 1.29 is 4.74 Å². The SMILES string of the molecule is CC(C)Oc1ncccc1NC(C)C1CCCC1. The Morgan fingerprint density at radius 3 is 2.67 bits per heavy atom. The fraction of sp³-hybridized carbons (Fsp3) is 0.667. The molecule has 0 spiro atoms. The highest BCUT2D eigenvalue weighted by molar-refractivity contribution is 5.52. The lowest BCUT2D eigenvalue weighted by atomic mass is 10.00. The molecule has 1 aliphatic carbocycles. The summed E-state index contributed by atoms with van der Waals surface area (Å²) in [6.07, 6.45) is 7.37. The Morgan fingerprint density at radius 1 is 1.28 bits per heavy atom. The van der Waals surface area contributed by atoms with Crippen molar-refractivity contribution in [2.45, 2.75) is 58.6 Å². The van der Waals surface area contributed by atoms with Gasteiger partial charge in [-0.2, -0.15) is 0 Å². The molecule has 1 atom stereocenters. The quantitative estimate of drug-likeness (QED) is 0.859. The van der Waals surface area contributed by atoms with Crippen molar-refractivity contribution in [3.63, 3.8) is 0 Å². The van der Waals surface area contributed by atoms with E-state index in [1.165, 1.54) is 25.7 Å². The Kier molecular flexibility index (Phi) is 4.45. The van der Waals surface area contributed by atoms with E-state index in [2.05, 4.69) is 23.3 Å². The zero-order valence-electron chi connectivity index (χ0n) is 11.6. The number of rotatable bonds is 5. The summed E-state index contributed by atoms with van der Waals surface area (Å²) in [4.78, 5) is 4.31. The maximum absolute atomic E-state index is 5.74. The molecule has 1 heterocycles. The van der Waals surface area contributed by atoms with Crippen LogP contribution >= 0.6 is 0 Å². The number of anilines is 1. The van der Waals surface area contributed by atoms with Crippen LogP contribution in [0.4, 0.5) is 5.69 Å². The predicted octanol–water partition coefficient (Wildman–Crippen LogP) is 3.86. The molecular formula is C15H24N2O. The van der Waals surface area contributed by atoms with Gasteiger partial charge in [-0.25, -0.2) is 4.98 Å². The third-order valence-electron chi connectivity index (χ3n) is 3.61. The molecule has 1 aromatic rings. The van der Waals surface area contributed by atoms with Crippen LogP contribution in [0.1, 0.15) is 46.5 Å². The van der Waals surface area contributed by atoms with E-state index in [1.54, 1.807) is 6.20 Å². The van der Waals surface area contributed by atoms with Crippen molar-refractivity contribution in [1.29, 1.82) is 0 Å². The summed E-state index contributed by atoms with van der Waals surface area (Å²) in [6, 6.07) is 4.50. The molecule has 100 valence electrons. The average Bonchev–Trinajstić information content (AvgIpc) is 2.84. The van der Waals surface area contributed by atoms with Gasteiger partial charge in [-0.05, 0) is 51.7 Å². The normalized spacial score (nSPS) is 18.0. The molecule has 1 aromatic heterocycles. The van der Waals surface area contributed by atoms with Gasteiger partial charge in [0.05, 0.1) is 11.8 Å². The van der Waals surface area contributed by atoms with Crippen molar-refractivity contribution >= 4 is 5.69 Å². The van der Waals surface area contributed by atoms with Gasteiger partial charge in [0.1, 0.15) is 0 Å². The number of nitrogens with one attached hydrogen (secondary N) is 1. The summed E-state index contributed by atoms with van der Waals surface area (Å²) in [5.41, 5.74) is 1.02. The smallest absolute Gasteiger partial charge is 0.237 e. The predicted molar refractivity (Wildman–Crippen MR) is 75.0 cm³/mol. The summed E-state index contributed by atoms with van der Waals surface area (Å²) >= 11 is 0. The fourth-order valence-corrected chi connectivity index (χ4v) is 2.64. The van der Waals surface area contributed by atoms with E-state index in [-0.39, 0.29) is 6.10 Å². The number of nitrogens with zero attached hydrogens (tertiary/aromatic N) is 1. The van der Waals surface area contributed by atoms with Crippen LogP contribution < -0.4 is 10.1 Å². The van der Waals surface area contributed by atoms with Crippen LogP contribution in [0, 0.1) is 5.92 Å². The van der Waals surface area contributed by atoms with Gasteiger partial charge in [-0.1, -0.05) is 12.8 Å². The van der Waals surface area contributed by atoms with Crippen LogP contribution in [0.2, 0.25) is 0 Å². The van der Waals surface area contributed by atoms with Crippen molar-refractivity contribution in [2.75, 3.05) is 5.32 Å². The van der Waals surface area contributed by atoms with E-state index >= 15 is 0 Å². The molecule has 0 radical (unpaired) electrons. The summed E-state index contributed by atoms with van der Waals surface area (Å²) < 4.78 is 5.74. The summed E-state index contributed by atoms with van der Waals surface area (Å²) in [7, 11) is 0. The molecule has 3 nitrogen and oxygen atoms in total. The number of ether oxygens (including phenoxy) is 1. The molecule has 2 rings (SSSR count). The van der Waals surface area contributed by atoms with Gasteiger partial charge < -0.3 is 10.1 Å². The molecule has 0 saturated heterocycles. The van der Waals surface area contributed by atoms with Gasteiger partial charge in [-0.3, -0.25) is 0 Å². The first-order valence-electron chi connectivity index (χ1n) is 7.05. The Bertz CT molecular complexity index is 373. The molecule has 18 heavy (non-hydrogen) atoms. The van der Waals surface area contributed by atoms with E-state index in [9.17, 15) is 0 Å². The van der Waals surface area contributed by atoms with Crippen molar-refractivity contribution in [2.24, 2.45) is 5.92 Å². The van der Waals surface area contributed by atoms with Crippen LogP contribution in [0.5, 0.6) is 5.88 Å². The van der Waals surface area contributed by atoms with Crippen LogP contribution in [-0.2, 0) is 0 Å². The van der Waals surface area contributed by atoms with E-state index < -0.39 is 0 Å². The molecule has 1 saturated carbocycles. The Morgan fingerprint density at radius 2 is 2.00 bits per heavy atom. The third kappa shape index (κ3) is 3.37. The first-order valence-corrected chi connectivity index (χ1v) is 7.05. The maximum Gasteiger partial charge on any atom is 0.237 e. The van der Waals surface area contributed by atoms with Crippen LogP contribution in [-0.4, -0.2) is 17.1 Å². The molecule has 0 amide bonds. The van der Waals surface area contributed by atoms with Gasteiger partial charge in [-0.15, -0.1) is 0 Å². The third-order valence-corrected chi connectivity index (χ3v) is 3.61. The van der Waals surface area contributed by atoms with Gasteiger partial charge in [0, 0.05) is 12.2 Å². The Balaban J connectivity index is 2.03. The topological polar surface area (TPSA) is 34.1 Å². The lowest BCUT2D eigenvalue weighted by molar-refractivity contribution is 0.233. The largest absolute Gasteiger partial charge is 0.473 e. The monoisotopic (exact) mass is 248 g/mol. The van der Waals surface area contributed by atoms with Crippen molar-refractivity contribution in [1.82, 2.24) is 4.98 Å². The highest BCUT2D eigenvalue weighted by Crippen LogP contribution is 2.31. The van der Waals surface area contributed by atoms with Crippen molar-refractivity contribution in [3.8, 4) is 5.88 Å². The minimum atomic E-state index is 0.155. The molecule has 0 aliphatic heterocycles. The number of hydrogen-bond donors (Lipinski definition) is 1. The number of aromatic nitrogens is 1. The minimum Gasteiger partial charge on any atom is -0.473 e. The van der Waals surface area contributed by atoms with Crippen LogP contribution in [0.15, 0.2) is 18.3 Å². The molecule has 0 bridgehead atoms. The first kappa shape index (κ1) is 13.2. The van der Waals surface area contributed by atoms with Gasteiger partial charge in [0.15, 0.2) is 0 Å². The summed E-state index contributed by atoms with van der Waals surface area (Å²) in [5, 5.41) is 3.57. The highest BCUT2D eigenvalue weighted by Gasteiger charge is 2.22. The molecule has 3 heteroatoms. The Labute approximate surface area is 110 Å². The van der Waals surface area contributed by atoms with E-state index in [4.69, 9.17) is 4.74 Å². The molecule has 1 aliphatic rings. The lowest BCUT2D eigenvalue weighted by Crippen LogP contribution is -2.24. The second-order valence-electron chi connectivity index (χ2n) is 5.50. The molecular weight excluding hydrogens is 224 g/mol. The van der Waals surface area contributed by atoms with Gasteiger partial charge in [0.25, 0.3) is 0 Å². The zero-order chi connectivity index (χ0) is 13.0. The Hall–Kier alpha value is -1.25. The van der Waals surface area contributed by atoms with Crippen LogP contribution in [0.25, 0.3) is 0 Å². The minimum absolute atomic E-state index is 0.155. The van der Waals surface area contributed by atoms with E-state index in [1.807, 2.05) is 19.9 Å². The summed E-state index contributed by atoms with van der Waals surface area (Å²) in [5.74, 6) is 1.51. The molecule has 1 unspecified atom stereocenters. The second kappa shape index (κ2) is 6.07. The molecule has 1 N–H and O–H groups in total. The van der Waals surface area contributed by atoms with Crippen LogP contribution in [0.3, 0.4) is 0 Å². The first-order chi connectivity index (χ1) is 8.66. The lowest BCUT2D eigenvalue weighted by Gasteiger charge is -2.23.